The molecule has 0 aliphatic carbocycles. The molecule has 1 aromatic carbocycles. The third-order valence-corrected chi connectivity index (χ3v) is 2.75. The van der Waals surface area contributed by atoms with Gasteiger partial charge in [0, 0.05) is 12.1 Å². The van der Waals surface area contributed by atoms with E-state index >= 15 is 0 Å². The van der Waals surface area contributed by atoms with E-state index in [0.29, 0.717) is 0 Å². The number of hydrogen-bond acceptors (Lipinski definition) is 3. The second-order valence-electron chi connectivity index (χ2n) is 4.77. The van der Waals surface area contributed by atoms with Crippen LogP contribution < -0.4 is 5.32 Å². The van der Waals surface area contributed by atoms with Gasteiger partial charge in [0.1, 0.15) is 11.5 Å². The Morgan fingerprint density at radius 1 is 1.27 bits per heavy atom. The molecule has 2 N–H and O–H groups in total. The first kappa shape index (κ1) is 10.5. The first-order chi connectivity index (χ1) is 6.93. The molecule has 0 spiro atoms. The van der Waals surface area contributed by atoms with E-state index in [-0.39, 0.29) is 11.4 Å². The van der Waals surface area contributed by atoms with Gasteiger partial charge in [-0.15, -0.1) is 0 Å². The van der Waals surface area contributed by atoms with Crippen LogP contribution in [-0.2, 0) is 10.5 Å². The van der Waals surface area contributed by atoms with Gasteiger partial charge in [0.05, 0.1) is 5.60 Å². The van der Waals surface area contributed by atoms with Gasteiger partial charge in [-0.25, -0.2) is 0 Å². The van der Waals surface area contributed by atoms with E-state index in [1.54, 1.807) is 6.07 Å². The van der Waals surface area contributed by atoms with Crippen molar-refractivity contribution in [1.29, 1.82) is 0 Å². The third kappa shape index (κ3) is 1.85. The standard InChI is InChI=1S/C12H17NO2/c1-11(2)8-13-12(3,15-11)9-6-4-5-7-10(9)14/h4-7,13-14H,8H2,1-3H3. The molecule has 0 amide bonds. The van der Waals surface area contributed by atoms with Gasteiger partial charge in [0.25, 0.3) is 0 Å². The summed E-state index contributed by atoms with van der Waals surface area (Å²) >= 11 is 0. The van der Waals surface area contributed by atoms with E-state index in [1.807, 2.05) is 39.0 Å². The van der Waals surface area contributed by atoms with Crippen LogP contribution in [0.5, 0.6) is 5.75 Å². The summed E-state index contributed by atoms with van der Waals surface area (Å²) in [6.45, 7) is 6.78. The zero-order valence-corrected chi connectivity index (χ0v) is 9.37. The predicted octanol–water partition coefficient (Wildman–Crippen LogP) is 1.96. The Morgan fingerprint density at radius 2 is 1.93 bits per heavy atom. The molecule has 3 nitrogen and oxygen atoms in total. The molecule has 15 heavy (non-hydrogen) atoms. The number of aromatic hydroxyl groups is 1. The Morgan fingerprint density at radius 3 is 2.47 bits per heavy atom. The highest BCUT2D eigenvalue weighted by molar-refractivity contribution is 5.36. The van der Waals surface area contributed by atoms with Crippen molar-refractivity contribution < 1.29 is 9.84 Å². The normalized spacial score (nSPS) is 29.3. The molecular formula is C12H17NO2. The second-order valence-corrected chi connectivity index (χ2v) is 4.77. The van der Waals surface area contributed by atoms with Crippen LogP contribution in [-0.4, -0.2) is 17.3 Å². The smallest absolute Gasteiger partial charge is 0.146 e. The molecule has 1 saturated heterocycles. The quantitative estimate of drug-likeness (QED) is 0.739. The maximum absolute atomic E-state index is 9.79. The van der Waals surface area contributed by atoms with Crippen molar-refractivity contribution in [3.05, 3.63) is 29.8 Å². The molecule has 0 radical (unpaired) electrons. The molecule has 0 saturated carbocycles. The summed E-state index contributed by atoms with van der Waals surface area (Å²) in [6.07, 6.45) is 0. The van der Waals surface area contributed by atoms with Crippen molar-refractivity contribution in [2.75, 3.05) is 6.54 Å². The van der Waals surface area contributed by atoms with Crippen LogP contribution in [0.25, 0.3) is 0 Å². The van der Waals surface area contributed by atoms with Gasteiger partial charge >= 0.3 is 0 Å². The summed E-state index contributed by atoms with van der Waals surface area (Å²) in [5, 5.41) is 13.1. The highest BCUT2D eigenvalue weighted by Crippen LogP contribution is 2.37. The Bertz CT molecular complexity index is 376. The zero-order chi connectivity index (χ0) is 11.1. The molecule has 0 bridgehead atoms. The van der Waals surface area contributed by atoms with Crippen LogP contribution >= 0.6 is 0 Å². The van der Waals surface area contributed by atoms with Crippen LogP contribution in [0.1, 0.15) is 26.3 Å². The third-order valence-electron chi connectivity index (χ3n) is 2.75. The van der Waals surface area contributed by atoms with E-state index in [9.17, 15) is 5.11 Å². The summed E-state index contributed by atoms with van der Waals surface area (Å²) in [4.78, 5) is 0. The topological polar surface area (TPSA) is 41.5 Å². The van der Waals surface area contributed by atoms with Crippen molar-refractivity contribution in [3.8, 4) is 5.75 Å². The van der Waals surface area contributed by atoms with Crippen molar-refractivity contribution in [2.45, 2.75) is 32.1 Å². The molecule has 1 aliphatic heterocycles. The number of para-hydroxylation sites is 1. The molecule has 1 atom stereocenters. The predicted molar refractivity (Wildman–Crippen MR) is 58.6 cm³/mol. The number of rotatable bonds is 1. The largest absolute Gasteiger partial charge is 0.508 e. The monoisotopic (exact) mass is 207 g/mol. The SMILES string of the molecule is CC1(C)CNC(C)(c2ccccc2O)O1. The minimum absolute atomic E-state index is 0.197. The number of benzene rings is 1. The van der Waals surface area contributed by atoms with Gasteiger partial charge in [0.2, 0.25) is 0 Å². The second kappa shape index (κ2) is 3.22. The lowest BCUT2D eigenvalue weighted by atomic mass is 10.0. The fourth-order valence-corrected chi connectivity index (χ4v) is 2.03. The maximum Gasteiger partial charge on any atom is 0.146 e. The van der Waals surface area contributed by atoms with E-state index in [1.165, 1.54) is 0 Å². The van der Waals surface area contributed by atoms with Gasteiger partial charge in [-0.05, 0) is 26.8 Å². The van der Waals surface area contributed by atoms with E-state index in [0.717, 1.165) is 12.1 Å². The highest BCUT2D eigenvalue weighted by Gasteiger charge is 2.42. The molecule has 0 aromatic heterocycles. The lowest BCUT2D eigenvalue weighted by Gasteiger charge is -2.28. The van der Waals surface area contributed by atoms with Crippen LogP contribution in [0.15, 0.2) is 24.3 Å². The van der Waals surface area contributed by atoms with Gasteiger partial charge in [-0.1, -0.05) is 18.2 Å². The number of nitrogens with one attached hydrogen (secondary N) is 1. The number of hydrogen-bond donors (Lipinski definition) is 2. The van der Waals surface area contributed by atoms with Gasteiger partial charge in [-0.2, -0.15) is 0 Å². The fraction of sp³-hybridized carbons (Fsp3) is 0.500. The van der Waals surface area contributed by atoms with Crippen LogP contribution in [0.2, 0.25) is 0 Å². The molecule has 1 fully saturated rings. The Balaban J connectivity index is 2.36. The minimum atomic E-state index is -0.588. The average Bonchev–Trinajstić information content (AvgIpc) is 2.42. The van der Waals surface area contributed by atoms with Crippen molar-refractivity contribution in [1.82, 2.24) is 5.32 Å². The van der Waals surface area contributed by atoms with Gasteiger partial charge in [-0.3, -0.25) is 5.32 Å². The lowest BCUT2D eigenvalue weighted by Crippen LogP contribution is -2.34. The molecule has 3 heteroatoms. The summed E-state index contributed by atoms with van der Waals surface area (Å²) in [5.74, 6) is 0.269. The summed E-state index contributed by atoms with van der Waals surface area (Å²) in [5.41, 5.74) is 0.00173. The van der Waals surface area contributed by atoms with Crippen LogP contribution in [0.3, 0.4) is 0 Å². The summed E-state index contributed by atoms with van der Waals surface area (Å²) in [7, 11) is 0. The van der Waals surface area contributed by atoms with Crippen molar-refractivity contribution in [3.63, 3.8) is 0 Å². The van der Waals surface area contributed by atoms with Gasteiger partial charge in [0.15, 0.2) is 0 Å². The molecule has 1 aromatic rings. The molecule has 1 unspecified atom stereocenters. The minimum Gasteiger partial charge on any atom is -0.508 e. The fourth-order valence-electron chi connectivity index (χ4n) is 2.03. The number of phenolic OH excluding ortho intramolecular Hbond substituents is 1. The molecule has 1 heterocycles. The first-order valence-corrected chi connectivity index (χ1v) is 5.17. The number of phenols is 1. The Kier molecular flexibility index (Phi) is 2.24. The molecule has 82 valence electrons. The Hall–Kier alpha value is -1.06. The summed E-state index contributed by atoms with van der Waals surface area (Å²) < 4.78 is 5.93. The van der Waals surface area contributed by atoms with E-state index < -0.39 is 5.72 Å². The first-order valence-electron chi connectivity index (χ1n) is 5.17. The average molecular weight is 207 g/mol. The van der Waals surface area contributed by atoms with Crippen LogP contribution in [0.4, 0.5) is 0 Å². The van der Waals surface area contributed by atoms with E-state index in [2.05, 4.69) is 5.32 Å². The lowest BCUT2D eigenvalue weighted by molar-refractivity contribution is -0.0848. The maximum atomic E-state index is 9.79. The zero-order valence-electron chi connectivity index (χ0n) is 9.37. The van der Waals surface area contributed by atoms with E-state index in [4.69, 9.17) is 4.74 Å². The van der Waals surface area contributed by atoms with Crippen LogP contribution in [0, 0.1) is 0 Å². The van der Waals surface area contributed by atoms with Gasteiger partial charge < -0.3 is 9.84 Å². The number of ether oxygens (including phenoxy) is 1. The Labute approximate surface area is 90.1 Å². The molecular weight excluding hydrogens is 190 g/mol. The van der Waals surface area contributed by atoms with Crippen molar-refractivity contribution in [2.24, 2.45) is 0 Å². The molecule has 2 rings (SSSR count). The van der Waals surface area contributed by atoms with Crippen molar-refractivity contribution >= 4 is 0 Å². The molecule has 1 aliphatic rings. The summed E-state index contributed by atoms with van der Waals surface area (Å²) in [6, 6.07) is 7.26. The highest BCUT2D eigenvalue weighted by atomic mass is 16.5.